The molecule has 1 aromatic carbocycles. The van der Waals surface area contributed by atoms with Gasteiger partial charge in [-0.3, -0.25) is 0 Å². The molecule has 1 aromatic heterocycles. The van der Waals surface area contributed by atoms with Crippen LogP contribution >= 0.6 is 15.9 Å². The van der Waals surface area contributed by atoms with Crippen LogP contribution in [0.4, 0.5) is 0 Å². The molecule has 0 fully saturated rings. The smallest absolute Gasteiger partial charge is 0.0799 e. The van der Waals surface area contributed by atoms with E-state index in [0.717, 1.165) is 28.7 Å². The zero-order valence-corrected chi connectivity index (χ0v) is 11.3. The molecule has 2 rings (SSSR count). The lowest BCUT2D eigenvalue weighted by molar-refractivity contribution is 0.543. The first-order chi connectivity index (χ1) is 8.22. The molecule has 2 N–H and O–H groups in total. The average molecular weight is 295 g/mol. The minimum atomic E-state index is -0.186. The van der Waals surface area contributed by atoms with Crippen molar-refractivity contribution in [2.75, 3.05) is 0 Å². The molecular formula is C12H15BrN4. The number of aryl methyl sites for hydroxylation is 1. The quantitative estimate of drug-likeness (QED) is 0.943. The molecule has 0 bridgehead atoms. The van der Waals surface area contributed by atoms with E-state index in [1.807, 2.05) is 28.9 Å². The van der Waals surface area contributed by atoms with Gasteiger partial charge in [0, 0.05) is 11.0 Å². The topological polar surface area (TPSA) is 56.7 Å². The first-order valence-electron chi connectivity index (χ1n) is 5.61. The van der Waals surface area contributed by atoms with Crippen molar-refractivity contribution in [2.45, 2.75) is 25.9 Å². The number of rotatable bonds is 4. The molecule has 0 radical (unpaired) electrons. The van der Waals surface area contributed by atoms with Crippen LogP contribution in [0.1, 0.15) is 30.6 Å². The highest BCUT2D eigenvalue weighted by Gasteiger charge is 2.14. The maximum atomic E-state index is 6.24. The van der Waals surface area contributed by atoms with Crippen LogP contribution in [0, 0.1) is 0 Å². The lowest BCUT2D eigenvalue weighted by Crippen LogP contribution is -2.17. The number of aromatic nitrogens is 3. The summed E-state index contributed by atoms with van der Waals surface area (Å²) in [5.74, 6) is 0. The van der Waals surface area contributed by atoms with Gasteiger partial charge in [-0.25, -0.2) is 4.68 Å². The van der Waals surface area contributed by atoms with Crippen LogP contribution in [0.3, 0.4) is 0 Å². The van der Waals surface area contributed by atoms with Gasteiger partial charge in [0.15, 0.2) is 0 Å². The molecule has 4 nitrogen and oxygen atoms in total. The first-order valence-corrected chi connectivity index (χ1v) is 6.41. The Morgan fingerprint density at radius 1 is 1.47 bits per heavy atom. The molecule has 0 aliphatic heterocycles. The van der Waals surface area contributed by atoms with Crippen molar-refractivity contribution in [3.05, 3.63) is 46.2 Å². The van der Waals surface area contributed by atoms with E-state index in [9.17, 15) is 0 Å². The minimum Gasteiger partial charge on any atom is -0.319 e. The van der Waals surface area contributed by atoms with E-state index in [1.165, 1.54) is 0 Å². The summed E-state index contributed by atoms with van der Waals surface area (Å²) in [6.07, 6.45) is 2.75. The Morgan fingerprint density at radius 2 is 2.29 bits per heavy atom. The first kappa shape index (κ1) is 12.3. The van der Waals surface area contributed by atoms with Crippen molar-refractivity contribution in [1.29, 1.82) is 0 Å². The van der Waals surface area contributed by atoms with Crippen LogP contribution < -0.4 is 5.73 Å². The highest BCUT2D eigenvalue weighted by molar-refractivity contribution is 9.10. The van der Waals surface area contributed by atoms with E-state index in [4.69, 9.17) is 5.73 Å². The van der Waals surface area contributed by atoms with Crippen molar-refractivity contribution in [3.63, 3.8) is 0 Å². The van der Waals surface area contributed by atoms with Crippen molar-refractivity contribution in [2.24, 2.45) is 5.73 Å². The van der Waals surface area contributed by atoms with E-state index in [0.29, 0.717) is 0 Å². The Kier molecular flexibility index (Phi) is 3.91. The summed E-state index contributed by atoms with van der Waals surface area (Å²) in [5.41, 5.74) is 8.24. The monoisotopic (exact) mass is 294 g/mol. The van der Waals surface area contributed by atoms with Crippen molar-refractivity contribution < 1.29 is 0 Å². The largest absolute Gasteiger partial charge is 0.319 e. The molecular weight excluding hydrogens is 280 g/mol. The maximum Gasteiger partial charge on any atom is 0.0799 e. The summed E-state index contributed by atoms with van der Waals surface area (Å²) < 4.78 is 2.89. The molecule has 0 saturated heterocycles. The van der Waals surface area contributed by atoms with Gasteiger partial charge in [-0.1, -0.05) is 40.2 Å². The van der Waals surface area contributed by atoms with Gasteiger partial charge < -0.3 is 5.73 Å². The van der Waals surface area contributed by atoms with E-state index in [1.54, 1.807) is 6.20 Å². The second-order valence-corrected chi connectivity index (χ2v) is 4.83. The van der Waals surface area contributed by atoms with Crippen LogP contribution in [0.25, 0.3) is 0 Å². The van der Waals surface area contributed by atoms with Crippen LogP contribution in [-0.4, -0.2) is 15.0 Å². The number of hydrogen-bond donors (Lipinski definition) is 1. The third-order valence-electron chi connectivity index (χ3n) is 2.61. The molecule has 5 heteroatoms. The Labute approximate surface area is 109 Å². The van der Waals surface area contributed by atoms with Crippen molar-refractivity contribution >= 4 is 15.9 Å². The molecule has 0 amide bonds. The third-order valence-corrected chi connectivity index (χ3v) is 3.10. The number of nitrogens with two attached hydrogens (primary N) is 1. The normalized spacial score (nSPS) is 12.6. The summed E-state index contributed by atoms with van der Waals surface area (Å²) in [4.78, 5) is 0. The Balaban J connectivity index is 2.30. The van der Waals surface area contributed by atoms with Crippen LogP contribution in [-0.2, 0) is 6.54 Å². The van der Waals surface area contributed by atoms with E-state index < -0.39 is 0 Å². The number of benzene rings is 1. The molecule has 0 aliphatic carbocycles. The SMILES string of the molecule is CCCn1nncc1C(N)c1cccc(Br)c1. The van der Waals surface area contributed by atoms with Gasteiger partial charge in [0.1, 0.15) is 0 Å². The third kappa shape index (κ3) is 2.73. The van der Waals surface area contributed by atoms with Crippen LogP contribution in [0.15, 0.2) is 34.9 Å². The summed E-state index contributed by atoms with van der Waals surface area (Å²) in [5, 5.41) is 7.98. The Bertz CT molecular complexity index is 495. The zero-order chi connectivity index (χ0) is 12.3. The van der Waals surface area contributed by atoms with Crippen LogP contribution in [0.2, 0.25) is 0 Å². The summed E-state index contributed by atoms with van der Waals surface area (Å²) in [6, 6.07) is 7.81. The fourth-order valence-corrected chi connectivity index (χ4v) is 2.18. The van der Waals surface area contributed by atoms with E-state index in [-0.39, 0.29) is 6.04 Å². The number of hydrogen-bond acceptors (Lipinski definition) is 3. The highest BCUT2D eigenvalue weighted by Crippen LogP contribution is 2.21. The Hall–Kier alpha value is -1.20. The van der Waals surface area contributed by atoms with E-state index >= 15 is 0 Å². The predicted molar refractivity (Wildman–Crippen MR) is 70.5 cm³/mol. The minimum absolute atomic E-state index is 0.186. The van der Waals surface area contributed by atoms with Crippen molar-refractivity contribution in [3.8, 4) is 0 Å². The van der Waals surface area contributed by atoms with Gasteiger partial charge in [0.25, 0.3) is 0 Å². The Morgan fingerprint density at radius 3 is 3.00 bits per heavy atom. The highest BCUT2D eigenvalue weighted by atomic mass is 79.9. The lowest BCUT2D eigenvalue weighted by Gasteiger charge is -2.13. The summed E-state index contributed by atoms with van der Waals surface area (Å²) in [7, 11) is 0. The van der Waals surface area contributed by atoms with Gasteiger partial charge >= 0.3 is 0 Å². The maximum absolute atomic E-state index is 6.24. The molecule has 90 valence electrons. The second kappa shape index (κ2) is 5.42. The molecule has 0 aliphatic rings. The molecule has 1 atom stereocenters. The summed E-state index contributed by atoms with van der Waals surface area (Å²) >= 11 is 3.45. The summed E-state index contributed by atoms with van der Waals surface area (Å²) in [6.45, 7) is 2.95. The van der Waals surface area contributed by atoms with Crippen molar-refractivity contribution in [1.82, 2.24) is 15.0 Å². The van der Waals surface area contributed by atoms with Crippen LogP contribution in [0.5, 0.6) is 0 Å². The number of nitrogens with zero attached hydrogens (tertiary/aromatic N) is 3. The molecule has 0 saturated carbocycles. The fraction of sp³-hybridized carbons (Fsp3) is 0.333. The van der Waals surface area contributed by atoms with Gasteiger partial charge in [0.05, 0.1) is 17.9 Å². The fourth-order valence-electron chi connectivity index (χ4n) is 1.76. The zero-order valence-electron chi connectivity index (χ0n) is 9.68. The molecule has 2 aromatic rings. The molecule has 0 spiro atoms. The molecule has 1 heterocycles. The van der Waals surface area contributed by atoms with Gasteiger partial charge in [-0.2, -0.15) is 0 Å². The average Bonchev–Trinajstić information content (AvgIpc) is 2.77. The lowest BCUT2D eigenvalue weighted by atomic mass is 10.1. The van der Waals surface area contributed by atoms with Gasteiger partial charge in [-0.05, 0) is 24.1 Å². The second-order valence-electron chi connectivity index (χ2n) is 3.91. The number of halogens is 1. The van der Waals surface area contributed by atoms with Gasteiger partial charge in [0.2, 0.25) is 0 Å². The molecule has 1 unspecified atom stereocenters. The van der Waals surface area contributed by atoms with E-state index in [2.05, 4.69) is 33.2 Å². The molecule has 17 heavy (non-hydrogen) atoms. The standard InChI is InChI=1S/C12H15BrN4/c1-2-6-17-11(8-15-16-17)12(14)9-4-3-5-10(13)7-9/h3-5,7-8,12H,2,6,14H2,1H3. The predicted octanol–water partition coefficient (Wildman–Crippen LogP) is 2.50. The van der Waals surface area contributed by atoms with Gasteiger partial charge in [-0.15, -0.1) is 5.10 Å².